The van der Waals surface area contributed by atoms with Crippen LogP contribution < -0.4 is 9.64 Å². The zero-order chi connectivity index (χ0) is 20.9. The Balaban J connectivity index is 1.59. The van der Waals surface area contributed by atoms with Crippen molar-refractivity contribution >= 4 is 56.0 Å². The lowest BCUT2D eigenvalue weighted by Gasteiger charge is -2.18. The summed E-state index contributed by atoms with van der Waals surface area (Å²) in [5.74, 6) is 1.97. The van der Waals surface area contributed by atoms with E-state index in [0.29, 0.717) is 45.9 Å². The molecule has 0 atom stereocenters. The van der Waals surface area contributed by atoms with Gasteiger partial charge >= 0.3 is 0 Å². The molecule has 2 aromatic carbocycles. The van der Waals surface area contributed by atoms with Crippen molar-refractivity contribution in [2.45, 2.75) is 17.9 Å². The van der Waals surface area contributed by atoms with Gasteiger partial charge in [0.05, 0.1) is 29.6 Å². The second-order valence-electron chi connectivity index (χ2n) is 6.39. The molecule has 0 spiro atoms. The Hall–Kier alpha value is -2.48. The maximum absolute atomic E-state index is 13.1. The first-order valence-electron chi connectivity index (χ1n) is 9.29. The van der Waals surface area contributed by atoms with Gasteiger partial charge in [-0.1, -0.05) is 41.1 Å². The number of nitrogens with zero attached hydrogens (tertiary/aromatic N) is 2. The van der Waals surface area contributed by atoms with E-state index < -0.39 is 0 Å². The SMILES string of the molecule is COc1ccc(Cl)c2sc(N(Cc3ccco3)C(=O)CCSc3ccccc3)nc12. The summed E-state index contributed by atoms with van der Waals surface area (Å²) in [4.78, 5) is 20.6. The van der Waals surface area contributed by atoms with Gasteiger partial charge in [0.1, 0.15) is 17.0 Å². The Kier molecular flexibility index (Phi) is 6.62. The number of hydrogen-bond acceptors (Lipinski definition) is 6. The van der Waals surface area contributed by atoms with E-state index in [0.717, 1.165) is 9.60 Å². The Morgan fingerprint density at radius 1 is 1.20 bits per heavy atom. The molecule has 2 aromatic heterocycles. The summed E-state index contributed by atoms with van der Waals surface area (Å²) in [5.41, 5.74) is 0.654. The number of aromatic nitrogens is 1. The Labute approximate surface area is 187 Å². The van der Waals surface area contributed by atoms with Crippen molar-refractivity contribution in [1.82, 2.24) is 4.98 Å². The van der Waals surface area contributed by atoms with Gasteiger partial charge in [-0.25, -0.2) is 4.98 Å². The number of carbonyl (C=O) groups excluding carboxylic acids is 1. The van der Waals surface area contributed by atoms with Crippen molar-refractivity contribution < 1.29 is 13.9 Å². The molecule has 154 valence electrons. The number of benzene rings is 2. The number of thioether (sulfide) groups is 1. The van der Waals surface area contributed by atoms with Gasteiger partial charge in [0.2, 0.25) is 5.91 Å². The molecule has 0 aliphatic carbocycles. The standard InChI is InChI=1S/C22H19ClN2O3S2/c1-27-18-10-9-17(23)21-20(18)24-22(30-21)25(14-15-6-5-12-28-15)19(26)11-13-29-16-7-3-2-4-8-16/h2-10,12H,11,13-14H2,1H3. The van der Waals surface area contributed by atoms with E-state index in [-0.39, 0.29) is 5.91 Å². The third-order valence-corrected chi connectivity index (χ3v) is 6.97. The first-order valence-corrected chi connectivity index (χ1v) is 11.5. The highest BCUT2D eigenvalue weighted by Crippen LogP contribution is 2.39. The summed E-state index contributed by atoms with van der Waals surface area (Å²) in [5, 5.41) is 1.15. The lowest BCUT2D eigenvalue weighted by Crippen LogP contribution is -2.30. The normalized spacial score (nSPS) is 11.0. The van der Waals surface area contributed by atoms with E-state index >= 15 is 0 Å². The number of hydrogen-bond donors (Lipinski definition) is 0. The summed E-state index contributed by atoms with van der Waals surface area (Å²) >= 11 is 9.40. The van der Waals surface area contributed by atoms with E-state index in [1.807, 2.05) is 42.5 Å². The van der Waals surface area contributed by atoms with Gasteiger partial charge in [-0.15, -0.1) is 11.8 Å². The molecule has 0 aliphatic rings. The summed E-state index contributed by atoms with van der Waals surface area (Å²) in [6.45, 7) is 0.307. The number of thiazole rings is 1. The van der Waals surface area contributed by atoms with Crippen LogP contribution in [0.1, 0.15) is 12.2 Å². The molecule has 8 heteroatoms. The summed E-state index contributed by atoms with van der Waals surface area (Å²) in [7, 11) is 1.59. The molecule has 0 radical (unpaired) electrons. The van der Waals surface area contributed by atoms with Crippen molar-refractivity contribution in [2.24, 2.45) is 0 Å². The van der Waals surface area contributed by atoms with Crippen LogP contribution in [-0.4, -0.2) is 23.8 Å². The van der Waals surface area contributed by atoms with Gasteiger partial charge in [0.25, 0.3) is 0 Å². The lowest BCUT2D eigenvalue weighted by atomic mass is 10.3. The van der Waals surface area contributed by atoms with Gasteiger partial charge in [-0.05, 0) is 36.4 Å². The molecule has 0 fully saturated rings. The molecule has 0 bridgehead atoms. The van der Waals surface area contributed by atoms with E-state index in [1.54, 1.807) is 42.2 Å². The highest BCUT2D eigenvalue weighted by molar-refractivity contribution is 7.99. The van der Waals surface area contributed by atoms with Crippen LogP contribution in [0.3, 0.4) is 0 Å². The number of furan rings is 1. The molecule has 4 rings (SSSR count). The van der Waals surface area contributed by atoms with E-state index in [1.165, 1.54) is 11.3 Å². The maximum Gasteiger partial charge on any atom is 0.230 e. The molecule has 4 aromatic rings. The number of ether oxygens (including phenoxy) is 1. The zero-order valence-electron chi connectivity index (χ0n) is 16.2. The number of anilines is 1. The van der Waals surface area contributed by atoms with Gasteiger partial charge in [-0.2, -0.15) is 0 Å². The van der Waals surface area contributed by atoms with Crippen LogP contribution in [0.25, 0.3) is 10.2 Å². The first-order chi connectivity index (χ1) is 14.7. The number of methoxy groups -OCH3 is 1. The quantitative estimate of drug-likeness (QED) is 0.291. The number of halogens is 1. The fraction of sp³-hybridized carbons (Fsp3) is 0.182. The van der Waals surface area contributed by atoms with Gasteiger partial charge < -0.3 is 9.15 Å². The second kappa shape index (κ2) is 9.55. The third kappa shape index (κ3) is 4.64. The van der Waals surface area contributed by atoms with Crippen LogP contribution in [0.4, 0.5) is 5.13 Å². The summed E-state index contributed by atoms with van der Waals surface area (Å²) < 4.78 is 11.7. The highest BCUT2D eigenvalue weighted by Gasteiger charge is 2.23. The third-order valence-electron chi connectivity index (χ3n) is 4.42. The van der Waals surface area contributed by atoms with Gasteiger partial charge in [-0.3, -0.25) is 9.69 Å². The van der Waals surface area contributed by atoms with Crippen LogP contribution in [0.15, 0.2) is 70.2 Å². The maximum atomic E-state index is 13.1. The Bertz CT molecular complexity index is 1130. The van der Waals surface area contributed by atoms with Crippen LogP contribution >= 0.6 is 34.7 Å². The zero-order valence-corrected chi connectivity index (χ0v) is 18.6. The highest BCUT2D eigenvalue weighted by atomic mass is 35.5. The number of amides is 1. The largest absolute Gasteiger partial charge is 0.494 e. The minimum absolute atomic E-state index is 0.0241. The Morgan fingerprint density at radius 2 is 2.03 bits per heavy atom. The fourth-order valence-corrected chi connectivity index (χ4v) is 5.08. The van der Waals surface area contributed by atoms with Crippen LogP contribution in [0.5, 0.6) is 5.75 Å². The average molecular weight is 459 g/mol. The van der Waals surface area contributed by atoms with Crippen molar-refractivity contribution in [2.75, 3.05) is 17.8 Å². The lowest BCUT2D eigenvalue weighted by molar-refractivity contribution is -0.118. The molecular formula is C22H19ClN2O3S2. The topological polar surface area (TPSA) is 55.6 Å². The molecule has 30 heavy (non-hydrogen) atoms. The van der Waals surface area contributed by atoms with Crippen LogP contribution in [-0.2, 0) is 11.3 Å². The fourth-order valence-electron chi connectivity index (χ4n) is 2.95. The van der Waals surface area contributed by atoms with Crippen molar-refractivity contribution in [3.8, 4) is 5.75 Å². The molecule has 0 N–H and O–H groups in total. The van der Waals surface area contributed by atoms with Gasteiger partial charge in [0, 0.05) is 17.1 Å². The molecule has 2 heterocycles. The molecule has 0 saturated heterocycles. The molecule has 1 amide bonds. The van der Waals surface area contributed by atoms with Crippen molar-refractivity contribution in [3.05, 3.63) is 71.6 Å². The van der Waals surface area contributed by atoms with Gasteiger partial charge in [0.15, 0.2) is 5.13 Å². The molecule has 0 saturated carbocycles. The predicted octanol–water partition coefficient (Wildman–Crippen LogP) is 6.27. The molecule has 5 nitrogen and oxygen atoms in total. The van der Waals surface area contributed by atoms with Crippen LogP contribution in [0.2, 0.25) is 5.02 Å². The number of carbonyl (C=O) groups is 1. The van der Waals surface area contributed by atoms with E-state index in [9.17, 15) is 4.79 Å². The number of rotatable bonds is 8. The molecule has 0 aliphatic heterocycles. The van der Waals surface area contributed by atoms with E-state index in [4.69, 9.17) is 20.8 Å². The second-order valence-corrected chi connectivity index (χ2v) is 8.95. The smallest absolute Gasteiger partial charge is 0.230 e. The van der Waals surface area contributed by atoms with Crippen molar-refractivity contribution in [1.29, 1.82) is 0 Å². The minimum atomic E-state index is -0.0241. The predicted molar refractivity (Wildman–Crippen MR) is 123 cm³/mol. The molecule has 0 unspecified atom stereocenters. The van der Waals surface area contributed by atoms with Crippen LogP contribution in [0, 0.1) is 0 Å². The number of fused-ring (bicyclic) bond motifs is 1. The minimum Gasteiger partial charge on any atom is -0.494 e. The average Bonchev–Trinajstić information content (AvgIpc) is 3.43. The summed E-state index contributed by atoms with van der Waals surface area (Å²) in [6, 6.07) is 17.3. The molecular weight excluding hydrogens is 440 g/mol. The summed E-state index contributed by atoms with van der Waals surface area (Å²) in [6.07, 6.45) is 1.97. The van der Waals surface area contributed by atoms with E-state index in [2.05, 4.69) is 4.98 Å². The Morgan fingerprint density at radius 3 is 2.77 bits per heavy atom. The monoisotopic (exact) mass is 458 g/mol. The first kappa shape index (κ1) is 20.8. The van der Waals surface area contributed by atoms with Crippen molar-refractivity contribution in [3.63, 3.8) is 0 Å².